The zero-order chi connectivity index (χ0) is 37.0. The molecule has 4 heterocycles. The minimum atomic E-state index is -4.17. The summed E-state index contributed by atoms with van der Waals surface area (Å²) in [7, 11) is -4.17. The minimum Gasteiger partial charge on any atom is -0.466 e. The van der Waals surface area contributed by atoms with Crippen molar-refractivity contribution in [3.63, 3.8) is 0 Å². The van der Waals surface area contributed by atoms with Crippen LogP contribution in [0.25, 0.3) is 0 Å². The van der Waals surface area contributed by atoms with E-state index in [2.05, 4.69) is 49.9 Å². The average Bonchev–Trinajstić information content (AvgIpc) is 3.56. The Labute approximate surface area is 312 Å². The number of carbonyl (C=O) groups is 2. The molecule has 0 radical (unpaired) electrons. The normalized spacial score (nSPS) is 21.5. The van der Waals surface area contributed by atoms with Gasteiger partial charge in [-0.2, -0.15) is 0 Å². The van der Waals surface area contributed by atoms with Gasteiger partial charge in [0.25, 0.3) is 9.84 Å². The number of esters is 2. The van der Waals surface area contributed by atoms with Crippen LogP contribution in [0, 0.1) is 17.0 Å². The molecule has 3 fully saturated rings. The van der Waals surface area contributed by atoms with Gasteiger partial charge in [0.2, 0.25) is 0 Å². The number of carbonyl (C=O) groups excluding carboxylic acids is 2. The number of aromatic nitrogens is 2. The van der Waals surface area contributed by atoms with Crippen LogP contribution in [0.15, 0.2) is 75.2 Å². The van der Waals surface area contributed by atoms with Gasteiger partial charge in [0.1, 0.15) is 0 Å². The van der Waals surface area contributed by atoms with E-state index in [1.807, 2.05) is 0 Å². The fraction of sp³-hybridized carbons (Fsp3) is 0.590. The largest absolute Gasteiger partial charge is 0.466 e. The van der Waals surface area contributed by atoms with Crippen molar-refractivity contribution in [3.05, 3.63) is 65.9 Å². The summed E-state index contributed by atoms with van der Waals surface area (Å²) in [4.78, 5) is 29.8. The van der Waals surface area contributed by atoms with E-state index in [0.29, 0.717) is 43.9 Å². The molecule has 3 aliphatic rings. The Hall–Kier alpha value is -4.17. The van der Waals surface area contributed by atoms with Crippen molar-refractivity contribution in [1.29, 1.82) is 0 Å². The summed E-state index contributed by atoms with van der Waals surface area (Å²) in [6.07, 6.45) is 10.6. The van der Waals surface area contributed by atoms with E-state index >= 15 is 0 Å². The lowest BCUT2D eigenvalue weighted by Gasteiger charge is -2.58. The van der Waals surface area contributed by atoms with Crippen molar-refractivity contribution in [3.8, 4) is 5.88 Å². The highest BCUT2D eigenvalue weighted by Crippen LogP contribution is 2.44. The maximum atomic E-state index is 12.8. The molecule has 0 spiro atoms. The number of ether oxygens (including phenoxy) is 3. The number of sulfone groups is 1. The third-order valence-electron chi connectivity index (χ3n) is 10.8. The van der Waals surface area contributed by atoms with E-state index in [0.717, 1.165) is 38.1 Å². The average molecular weight is 753 g/mol. The van der Waals surface area contributed by atoms with Crippen molar-refractivity contribution in [2.24, 2.45) is 11.8 Å². The topological polar surface area (TPSA) is 155 Å². The molecular weight excluding hydrogens is 701 g/mol. The first-order valence-electron chi connectivity index (χ1n) is 19.2. The van der Waals surface area contributed by atoms with Gasteiger partial charge in [-0.05, 0) is 125 Å². The van der Waals surface area contributed by atoms with Gasteiger partial charge in [0.15, 0.2) is 0 Å². The summed E-state index contributed by atoms with van der Waals surface area (Å²) in [6.45, 7) is 4.31. The van der Waals surface area contributed by atoms with Gasteiger partial charge in [-0.25, -0.2) is 8.42 Å². The molecule has 0 N–H and O–H groups in total. The summed E-state index contributed by atoms with van der Waals surface area (Å²) in [5.74, 6) is 0.203. The van der Waals surface area contributed by atoms with Gasteiger partial charge >= 0.3 is 22.8 Å². The van der Waals surface area contributed by atoms with Crippen molar-refractivity contribution < 1.29 is 41.7 Å². The standard InChI is InChI=1S/C39H52N4O9S/c44-35(49-26-10-1-2-11-28-51-38-39(43(46)52-40-38)53(47,48)32-18-7-4-8-19-32)22-23-36(45)50-27-12-9-21-34-33-20-14-25-41-24-13-15-30(37(33)41)29-42(34)31-16-5-3-6-17-31/h3-8,16-19,30,33-34,37H,1-2,9-15,20-29H2. The maximum absolute atomic E-state index is 12.8. The Balaban J connectivity index is 0.821. The molecule has 0 saturated carbocycles. The summed E-state index contributed by atoms with van der Waals surface area (Å²) in [5.41, 5.74) is 1.32. The van der Waals surface area contributed by atoms with Crippen LogP contribution >= 0.6 is 0 Å². The van der Waals surface area contributed by atoms with E-state index in [1.165, 1.54) is 56.6 Å². The van der Waals surface area contributed by atoms with E-state index in [-0.39, 0.29) is 47.7 Å². The molecule has 13 nitrogen and oxygen atoms in total. The summed E-state index contributed by atoms with van der Waals surface area (Å²) >= 11 is 0. The molecule has 0 amide bonds. The van der Waals surface area contributed by atoms with E-state index < -0.39 is 20.8 Å². The molecule has 1 aromatic heterocycles. The fourth-order valence-electron chi connectivity index (χ4n) is 8.42. The van der Waals surface area contributed by atoms with Crippen molar-refractivity contribution in [1.82, 2.24) is 10.1 Å². The molecule has 53 heavy (non-hydrogen) atoms. The van der Waals surface area contributed by atoms with Gasteiger partial charge in [0.05, 0.1) is 42.7 Å². The minimum absolute atomic E-state index is 0.00501. The van der Waals surface area contributed by atoms with Crippen LogP contribution in [0.2, 0.25) is 0 Å². The number of para-hydroxylation sites is 1. The Morgan fingerprint density at radius 2 is 1.45 bits per heavy atom. The lowest BCUT2D eigenvalue weighted by Crippen LogP contribution is -2.64. The number of hydrogen-bond donors (Lipinski definition) is 0. The van der Waals surface area contributed by atoms with Crippen molar-refractivity contribution >= 4 is 27.5 Å². The highest BCUT2D eigenvalue weighted by molar-refractivity contribution is 7.91. The highest BCUT2D eigenvalue weighted by Gasteiger charge is 2.48. The smallest absolute Gasteiger partial charge is 0.414 e. The van der Waals surface area contributed by atoms with Crippen LogP contribution in [0.1, 0.15) is 83.5 Å². The van der Waals surface area contributed by atoms with Crippen molar-refractivity contribution in [2.75, 3.05) is 44.4 Å². The summed E-state index contributed by atoms with van der Waals surface area (Å²) in [5, 5.41) is 14.8. The van der Waals surface area contributed by atoms with Gasteiger partial charge in [0, 0.05) is 24.3 Å². The third kappa shape index (κ3) is 9.88. The summed E-state index contributed by atoms with van der Waals surface area (Å²) < 4.78 is 46.4. The number of anilines is 1. The first-order valence-corrected chi connectivity index (χ1v) is 20.7. The molecular formula is C39H52N4O9S. The lowest BCUT2D eigenvalue weighted by atomic mass is 9.69. The molecule has 4 atom stereocenters. The quantitative estimate of drug-likeness (QED) is 0.0863. The van der Waals surface area contributed by atoms with Crippen LogP contribution in [0.5, 0.6) is 5.88 Å². The zero-order valence-electron chi connectivity index (χ0n) is 30.4. The fourth-order valence-corrected chi connectivity index (χ4v) is 9.72. The second-order valence-electron chi connectivity index (χ2n) is 14.3. The van der Waals surface area contributed by atoms with Crippen LogP contribution in [0.3, 0.4) is 0 Å². The SMILES string of the molecule is O=C(CCC(=O)OCCCCC1C2CCCN3CCCC(CN1c1ccccc1)C23)OCCCCCCOc1no[n+]([O-])c1S(=O)(=O)c1ccccc1. The van der Waals surface area contributed by atoms with Crippen LogP contribution in [0.4, 0.5) is 5.69 Å². The number of piperidine rings is 3. The molecule has 3 saturated heterocycles. The van der Waals surface area contributed by atoms with Gasteiger partial charge in [-0.15, -0.1) is 0 Å². The molecule has 4 unspecified atom stereocenters. The predicted octanol–water partition coefficient (Wildman–Crippen LogP) is 5.50. The second kappa shape index (κ2) is 18.7. The Morgan fingerprint density at radius 1 is 0.830 bits per heavy atom. The molecule has 0 aliphatic carbocycles. The molecule has 14 heteroatoms. The van der Waals surface area contributed by atoms with E-state index in [4.69, 9.17) is 14.2 Å². The van der Waals surface area contributed by atoms with Gasteiger partial charge in [-0.1, -0.05) is 36.4 Å². The Morgan fingerprint density at radius 3 is 2.15 bits per heavy atom. The number of nitrogens with zero attached hydrogens (tertiary/aromatic N) is 4. The molecule has 3 aliphatic heterocycles. The molecule has 288 valence electrons. The number of unbranched alkanes of at least 4 members (excludes halogenated alkanes) is 4. The Kier molecular flexibility index (Phi) is 13.6. The number of benzene rings is 2. The second-order valence-corrected chi connectivity index (χ2v) is 16.2. The number of rotatable bonds is 19. The number of hydrogen-bond acceptors (Lipinski definition) is 12. The van der Waals surface area contributed by atoms with Gasteiger partial charge < -0.3 is 24.3 Å². The first kappa shape index (κ1) is 38.6. The van der Waals surface area contributed by atoms with Gasteiger partial charge in [-0.3, -0.25) is 19.1 Å². The van der Waals surface area contributed by atoms with Crippen LogP contribution in [-0.4, -0.2) is 82.0 Å². The summed E-state index contributed by atoms with van der Waals surface area (Å²) in [6, 6.07) is 19.5. The highest BCUT2D eigenvalue weighted by atomic mass is 32.2. The molecule has 3 aromatic rings. The van der Waals surface area contributed by atoms with Crippen LogP contribution in [-0.2, 0) is 28.9 Å². The van der Waals surface area contributed by atoms with Crippen LogP contribution < -0.4 is 14.5 Å². The lowest BCUT2D eigenvalue weighted by molar-refractivity contribution is -0.832. The third-order valence-corrected chi connectivity index (χ3v) is 12.6. The van der Waals surface area contributed by atoms with E-state index in [9.17, 15) is 23.2 Å². The predicted molar refractivity (Wildman–Crippen MR) is 195 cm³/mol. The van der Waals surface area contributed by atoms with Crippen molar-refractivity contribution in [2.45, 2.75) is 105 Å². The Bertz CT molecular complexity index is 1720. The zero-order valence-corrected chi connectivity index (χ0v) is 31.2. The molecule has 6 rings (SSSR count). The monoisotopic (exact) mass is 752 g/mol. The molecule has 2 aromatic carbocycles. The first-order chi connectivity index (χ1) is 25.8. The molecule has 0 bridgehead atoms. The maximum Gasteiger partial charge on any atom is 0.414 e. The van der Waals surface area contributed by atoms with E-state index in [1.54, 1.807) is 18.2 Å².